The molecule has 0 spiro atoms. The first-order valence-corrected chi connectivity index (χ1v) is 19.8. The van der Waals surface area contributed by atoms with Crippen LogP contribution in [0.3, 0.4) is 0 Å². The molecule has 0 rings (SSSR count). The fourth-order valence-corrected chi connectivity index (χ4v) is 4.25. The van der Waals surface area contributed by atoms with Crippen molar-refractivity contribution in [3.05, 3.63) is 12.8 Å². The van der Waals surface area contributed by atoms with E-state index < -0.39 is 24.4 Å². The first-order valence-electron chi connectivity index (χ1n) is 16.0. The summed E-state index contributed by atoms with van der Waals surface area (Å²) in [6, 6.07) is 0. The zero-order valence-electron chi connectivity index (χ0n) is 28.2. The topological polar surface area (TPSA) is 122 Å². The van der Waals surface area contributed by atoms with Gasteiger partial charge in [-0.2, -0.15) is 75.8 Å². The van der Waals surface area contributed by atoms with E-state index in [9.17, 15) is 0 Å². The van der Waals surface area contributed by atoms with Gasteiger partial charge in [-0.1, -0.05) is 66.0 Å². The Kier molecular flexibility index (Phi) is 102. The van der Waals surface area contributed by atoms with E-state index in [0.29, 0.717) is 127 Å². The summed E-state index contributed by atoms with van der Waals surface area (Å²) in [6.45, 7) is 10.6. The van der Waals surface area contributed by atoms with Crippen LogP contribution in [0.2, 0.25) is 0 Å². The Morgan fingerprint density at radius 2 is 0.643 bits per heavy atom. The second-order valence-electron chi connectivity index (χ2n) is 9.20. The minimum atomic E-state index is -0.687. The highest BCUT2D eigenvalue weighted by Gasteiger charge is 2.39. The molecular weight excluding hydrogens is 841 g/mol. The molecule has 56 heavy (non-hydrogen) atoms. The lowest BCUT2D eigenvalue weighted by Gasteiger charge is -2.37. The molecule has 0 radical (unpaired) electrons. The van der Waals surface area contributed by atoms with Crippen LogP contribution in [0.25, 0.3) is 0 Å². The van der Waals surface area contributed by atoms with Crippen LogP contribution in [0.4, 0.5) is 0 Å². The zero-order chi connectivity index (χ0) is 35.8. The van der Waals surface area contributed by atoms with Gasteiger partial charge in [-0.05, 0) is 0 Å². The molecule has 0 aliphatic rings. The number of aliphatic hydroxyl groups excluding tert-OH is 1. The average Bonchev–Trinajstić information content (AvgIpc) is 3.10. The molecule has 0 fully saturated rings. The van der Waals surface area contributed by atoms with Crippen molar-refractivity contribution in [3.63, 3.8) is 0 Å². The van der Waals surface area contributed by atoms with E-state index in [1.54, 1.807) is 0 Å². The molecule has 0 aliphatic heterocycles. The van der Waals surface area contributed by atoms with Crippen LogP contribution in [-0.4, -0.2) is 183 Å². The summed E-state index contributed by atoms with van der Waals surface area (Å²) in [5.41, 5.74) is 0. The van der Waals surface area contributed by atoms with Gasteiger partial charge in [-0.3, -0.25) is 0 Å². The Hall–Kier alpha value is 1.20. The molecule has 0 amide bonds. The van der Waals surface area contributed by atoms with Gasteiger partial charge in [0, 0.05) is 34.5 Å². The summed E-state index contributed by atoms with van der Waals surface area (Å²) in [5.74, 6) is 3.67. The van der Waals surface area contributed by atoms with Crippen molar-refractivity contribution in [2.75, 3.05) is 153 Å². The predicted molar refractivity (Wildman–Crippen MR) is 264 cm³/mol. The first-order chi connectivity index (χ1) is 23.6. The lowest BCUT2D eigenvalue weighted by molar-refractivity contribution is -0.190. The maximum absolute atomic E-state index is 7.80. The van der Waals surface area contributed by atoms with Gasteiger partial charge in [0.25, 0.3) is 0 Å². The summed E-state index contributed by atoms with van der Waals surface area (Å²) >= 11 is 24.6. The molecule has 4 atom stereocenters. The largest absolute Gasteiger partial charge is 0.493 e. The Labute approximate surface area is 381 Å². The molecule has 18 heteroatoms. The average molecular weight is 936 g/mol. The van der Waals surface area contributed by atoms with Crippen LogP contribution in [0.5, 0.6) is 0 Å². The van der Waals surface area contributed by atoms with Gasteiger partial charge in [-0.25, -0.2) is 0 Å². The highest BCUT2D eigenvalue weighted by molar-refractivity contribution is 7.81. The summed E-state index contributed by atoms with van der Waals surface area (Å²) in [5, 5.41) is 7.80. The van der Waals surface area contributed by atoms with Crippen molar-refractivity contribution in [1.82, 2.24) is 0 Å². The molecule has 0 aromatic rings. The Morgan fingerprint density at radius 1 is 0.375 bits per heavy atom. The number of thiol groups is 6. The molecular formula is C38H94O12S6. The molecule has 0 saturated heterocycles. The smallest absolute Gasteiger partial charge is 0.155 e. The third-order valence-electron chi connectivity index (χ3n) is 5.55. The third kappa shape index (κ3) is 55.2. The molecule has 0 aliphatic carbocycles. The molecule has 1 N–H and O–H groups in total. The second kappa shape index (κ2) is 70.7. The van der Waals surface area contributed by atoms with Gasteiger partial charge in [0.1, 0.15) is 18.3 Å². The minimum absolute atomic E-state index is 0. The molecule has 0 saturated carbocycles. The van der Waals surface area contributed by atoms with Gasteiger partial charge < -0.3 is 57.2 Å². The summed E-state index contributed by atoms with van der Waals surface area (Å²) < 4.78 is 64.7. The third-order valence-corrected chi connectivity index (χ3v) is 6.67. The van der Waals surface area contributed by atoms with Gasteiger partial charge in [-0.15, -0.1) is 0 Å². The second-order valence-corrected chi connectivity index (χ2v) is 11.9. The van der Waals surface area contributed by atoms with E-state index in [-0.39, 0.29) is 85.8 Å². The standard InChI is InChI=1S/C28H56O11S5.C2H6OS.8CH4/c1-2-36-27(25(37-10-7-31-15-20-42)23-34-5-3-29-13-18-40)28(39-12-9-33-17-22-44)26(38-11-8-32-16-21-43)24-35-6-4-30-14-19-41;3-1-2-4;;;;;;;;/h2,25-28,40-44H,1,3-24H2;3-4H,1-2H2;8*1H4. The van der Waals surface area contributed by atoms with E-state index in [1.807, 2.05) is 0 Å². The fraction of sp³-hybridized carbons (Fsp3) is 0.947. The van der Waals surface area contributed by atoms with Crippen molar-refractivity contribution in [2.45, 2.75) is 83.8 Å². The van der Waals surface area contributed by atoms with Gasteiger partial charge >= 0.3 is 0 Å². The highest BCUT2D eigenvalue weighted by Crippen LogP contribution is 2.20. The monoisotopic (exact) mass is 935 g/mol. The Balaban J connectivity index is -0.000000209. The molecule has 0 aromatic heterocycles. The van der Waals surface area contributed by atoms with Crippen molar-refractivity contribution >= 4 is 75.8 Å². The summed E-state index contributed by atoms with van der Waals surface area (Å²) in [7, 11) is 0. The normalized spacial score (nSPS) is 11.8. The summed E-state index contributed by atoms with van der Waals surface area (Å²) in [6.07, 6.45) is -1.14. The number of hydrogen-bond acceptors (Lipinski definition) is 18. The van der Waals surface area contributed by atoms with Gasteiger partial charge in [0.05, 0.1) is 125 Å². The van der Waals surface area contributed by atoms with Crippen LogP contribution >= 0.6 is 75.8 Å². The van der Waals surface area contributed by atoms with Crippen molar-refractivity contribution in [3.8, 4) is 0 Å². The lowest BCUT2D eigenvalue weighted by Crippen LogP contribution is -2.52. The van der Waals surface area contributed by atoms with Crippen LogP contribution in [-0.2, 0) is 52.1 Å². The van der Waals surface area contributed by atoms with Crippen LogP contribution in [0, 0.1) is 0 Å². The van der Waals surface area contributed by atoms with Crippen molar-refractivity contribution < 1.29 is 57.2 Å². The fourth-order valence-electron chi connectivity index (χ4n) is 3.60. The highest BCUT2D eigenvalue weighted by atomic mass is 32.1. The number of ether oxygens (including phenoxy) is 11. The maximum atomic E-state index is 7.80. The molecule has 12 nitrogen and oxygen atoms in total. The first kappa shape index (κ1) is 81.1. The van der Waals surface area contributed by atoms with Crippen LogP contribution < -0.4 is 0 Å². The SMILES string of the molecule is C.C.C.C.C.C.C.C.C=COC(C(COCCOCCS)OCCOCCS)C(OCCOCCS)C(COCCOCCS)OCCOCCS.OCCS. The number of hydrogen-bond donors (Lipinski definition) is 7. The Bertz CT molecular complexity index is 628. The molecule has 0 heterocycles. The lowest BCUT2D eigenvalue weighted by atomic mass is 10.0. The zero-order valence-corrected chi connectivity index (χ0v) is 33.6. The number of rotatable bonds is 38. The van der Waals surface area contributed by atoms with E-state index in [0.717, 1.165) is 0 Å². The van der Waals surface area contributed by atoms with Gasteiger partial charge in [0.2, 0.25) is 0 Å². The molecule has 0 aromatic carbocycles. The molecule has 4 unspecified atom stereocenters. The molecule has 354 valence electrons. The van der Waals surface area contributed by atoms with E-state index in [1.165, 1.54) is 6.26 Å². The predicted octanol–water partition coefficient (Wildman–Crippen LogP) is 7.43. The van der Waals surface area contributed by atoms with Gasteiger partial charge in [0.15, 0.2) is 6.10 Å². The van der Waals surface area contributed by atoms with Crippen molar-refractivity contribution in [2.24, 2.45) is 0 Å². The van der Waals surface area contributed by atoms with E-state index >= 15 is 0 Å². The minimum Gasteiger partial charge on any atom is -0.493 e. The maximum Gasteiger partial charge on any atom is 0.155 e. The van der Waals surface area contributed by atoms with Crippen LogP contribution in [0.15, 0.2) is 12.8 Å². The van der Waals surface area contributed by atoms with Crippen molar-refractivity contribution in [1.29, 1.82) is 0 Å². The molecule has 0 bridgehead atoms. The number of aliphatic hydroxyl groups is 1. The van der Waals surface area contributed by atoms with E-state index in [4.69, 9.17) is 57.2 Å². The summed E-state index contributed by atoms with van der Waals surface area (Å²) in [4.78, 5) is 0. The quantitative estimate of drug-likeness (QED) is 0.0190. The Morgan fingerprint density at radius 3 is 0.929 bits per heavy atom. The van der Waals surface area contributed by atoms with E-state index in [2.05, 4.69) is 82.4 Å². The van der Waals surface area contributed by atoms with Crippen LogP contribution in [0.1, 0.15) is 59.4 Å².